The molecule has 1 fully saturated rings. The van der Waals surface area contributed by atoms with Gasteiger partial charge in [0, 0.05) is 6.20 Å². The van der Waals surface area contributed by atoms with Gasteiger partial charge in [-0.25, -0.2) is 4.98 Å². The number of nitriles is 1. The maximum absolute atomic E-state index is 11.9. The molecule has 3 heterocycles. The Kier molecular flexibility index (Phi) is 3.26. The lowest BCUT2D eigenvalue weighted by atomic mass is 9.96. The van der Waals surface area contributed by atoms with E-state index in [4.69, 9.17) is 10.00 Å². The average molecular weight is 306 g/mol. The second-order valence-electron chi connectivity index (χ2n) is 5.37. The summed E-state index contributed by atoms with van der Waals surface area (Å²) in [6.07, 6.45) is -0.902. The monoisotopic (exact) mass is 306 g/mol. The lowest BCUT2D eigenvalue weighted by molar-refractivity contribution is -0.0948. The van der Waals surface area contributed by atoms with Crippen LogP contribution in [0.4, 0.5) is 0 Å². The zero-order chi connectivity index (χ0) is 16.1. The molecule has 4 N–H and O–H groups in total. The van der Waals surface area contributed by atoms with Gasteiger partial charge in [-0.1, -0.05) is 0 Å². The molecule has 9 heteroatoms. The van der Waals surface area contributed by atoms with E-state index in [0.717, 1.165) is 0 Å². The number of hydrogen-bond donors (Lipinski definition) is 4. The minimum absolute atomic E-state index is 0.0747. The van der Waals surface area contributed by atoms with E-state index in [-0.39, 0.29) is 16.6 Å². The van der Waals surface area contributed by atoms with Crippen molar-refractivity contribution >= 4 is 11.0 Å². The Labute approximate surface area is 124 Å². The van der Waals surface area contributed by atoms with Crippen molar-refractivity contribution in [2.45, 2.75) is 31.0 Å². The third-order valence-electron chi connectivity index (χ3n) is 3.92. The normalized spacial score (nSPS) is 31.5. The topological polar surface area (TPSA) is 144 Å². The SMILES string of the molecule is C[C@]1(O)C(n2cc(C#N)c3c(=O)[nH]cnc32)O[C@H](CO)[C@H]1O. The molecule has 0 aromatic carbocycles. The number of aromatic nitrogens is 3. The molecule has 2 aromatic rings. The predicted octanol–water partition coefficient (Wildman–Crippen LogP) is -1.40. The van der Waals surface area contributed by atoms with Gasteiger partial charge in [-0.3, -0.25) is 4.79 Å². The van der Waals surface area contributed by atoms with Crippen LogP contribution >= 0.6 is 0 Å². The van der Waals surface area contributed by atoms with Crippen molar-refractivity contribution in [1.82, 2.24) is 14.5 Å². The molecule has 0 radical (unpaired) electrons. The number of ether oxygens (including phenoxy) is 1. The van der Waals surface area contributed by atoms with Crippen LogP contribution in [-0.4, -0.2) is 54.3 Å². The number of aliphatic hydroxyl groups is 3. The number of fused-ring (bicyclic) bond motifs is 1. The third kappa shape index (κ3) is 1.86. The predicted molar refractivity (Wildman–Crippen MR) is 72.7 cm³/mol. The molecule has 116 valence electrons. The van der Waals surface area contributed by atoms with Gasteiger partial charge in [0.2, 0.25) is 0 Å². The molecule has 1 aliphatic heterocycles. The summed E-state index contributed by atoms with van der Waals surface area (Å²) in [4.78, 5) is 18.3. The number of nitrogens with one attached hydrogen (secondary N) is 1. The summed E-state index contributed by atoms with van der Waals surface area (Å²) in [5.41, 5.74) is -1.99. The van der Waals surface area contributed by atoms with Gasteiger partial charge in [-0.2, -0.15) is 5.26 Å². The average Bonchev–Trinajstić information content (AvgIpc) is 2.97. The van der Waals surface area contributed by atoms with Crippen molar-refractivity contribution in [3.63, 3.8) is 0 Å². The zero-order valence-corrected chi connectivity index (χ0v) is 11.6. The van der Waals surface area contributed by atoms with Crippen molar-refractivity contribution in [3.05, 3.63) is 28.4 Å². The molecule has 0 spiro atoms. The fourth-order valence-corrected chi connectivity index (χ4v) is 2.75. The molecular weight excluding hydrogens is 292 g/mol. The van der Waals surface area contributed by atoms with E-state index in [1.165, 1.54) is 24.0 Å². The first-order valence-corrected chi connectivity index (χ1v) is 6.57. The Balaban J connectivity index is 2.22. The summed E-state index contributed by atoms with van der Waals surface area (Å²) in [6, 6.07) is 1.89. The first-order valence-electron chi connectivity index (χ1n) is 6.57. The molecule has 22 heavy (non-hydrogen) atoms. The van der Waals surface area contributed by atoms with Crippen molar-refractivity contribution < 1.29 is 20.1 Å². The molecule has 1 unspecified atom stereocenters. The van der Waals surface area contributed by atoms with Crippen LogP contribution in [0.3, 0.4) is 0 Å². The second-order valence-corrected chi connectivity index (χ2v) is 5.37. The first kappa shape index (κ1) is 14.7. The summed E-state index contributed by atoms with van der Waals surface area (Å²) in [7, 11) is 0. The summed E-state index contributed by atoms with van der Waals surface area (Å²) in [5, 5.41) is 39.0. The number of nitrogens with zero attached hydrogens (tertiary/aromatic N) is 3. The molecule has 0 bridgehead atoms. The minimum atomic E-state index is -1.73. The second kappa shape index (κ2) is 4.89. The van der Waals surface area contributed by atoms with Crippen molar-refractivity contribution in [2.75, 3.05) is 6.61 Å². The van der Waals surface area contributed by atoms with Crippen LogP contribution in [0.5, 0.6) is 0 Å². The van der Waals surface area contributed by atoms with Crippen LogP contribution in [0.25, 0.3) is 11.0 Å². The van der Waals surface area contributed by atoms with Crippen LogP contribution in [0.15, 0.2) is 17.3 Å². The zero-order valence-electron chi connectivity index (χ0n) is 11.6. The van der Waals surface area contributed by atoms with E-state index in [1.54, 1.807) is 0 Å². The highest BCUT2D eigenvalue weighted by molar-refractivity contribution is 5.82. The van der Waals surface area contributed by atoms with E-state index in [0.29, 0.717) is 0 Å². The molecule has 0 saturated carbocycles. The molecule has 2 aromatic heterocycles. The van der Waals surface area contributed by atoms with Crippen molar-refractivity contribution in [3.8, 4) is 6.07 Å². The highest BCUT2D eigenvalue weighted by Crippen LogP contribution is 2.39. The summed E-state index contributed by atoms with van der Waals surface area (Å²) < 4.78 is 6.80. The van der Waals surface area contributed by atoms with E-state index in [1.807, 2.05) is 6.07 Å². The van der Waals surface area contributed by atoms with Gasteiger partial charge in [0.25, 0.3) is 5.56 Å². The quantitative estimate of drug-likeness (QED) is 0.534. The Morgan fingerprint density at radius 3 is 2.95 bits per heavy atom. The van der Waals surface area contributed by atoms with Crippen molar-refractivity contribution in [1.29, 1.82) is 5.26 Å². The largest absolute Gasteiger partial charge is 0.394 e. The number of rotatable bonds is 2. The number of aliphatic hydroxyl groups excluding tert-OH is 2. The lowest BCUT2D eigenvalue weighted by Crippen LogP contribution is -2.44. The van der Waals surface area contributed by atoms with Crippen LogP contribution in [0.1, 0.15) is 18.7 Å². The Hall–Kier alpha value is -2.25. The van der Waals surface area contributed by atoms with E-state index in [2.05, 4.69) is 9.97 Å². The Morgan fingerprint density at radius 1 is 1.64 bits per heavy atom. The highest BCUT2D eigenvalue weighted by Gasteiger charge is 2.53. The maximum atomic E-state index is 11.9. The molecule has 0 aliphatic carbocycles. The van der Waals surface area contributed by atoms with Crippen molar-refractivity contribution in [2.24, 2.45) is 0 Å². The van der Waals surface area contributed by atoms with Gasteiger partial charge in [-0.05, 0) is 6.92 Å². The van der Waals surface area contributed by atoms with Gasteiger partial charge in [0.1, 0.15) is 29.3 Å². The molecule has 3 rings (SSSR count). The van der Waals surface area contributed by atoms with Crippen LogP contribution in [0.2, 0.25) is 0 Å². The van der Waals surface area contributed by atoms with Gasteiger partial charge in [0.05, 0.1) is 18.5 Å². The van der Waals surface area contributed by atoms with Gasteiger partial charge in [0.15, 0.2) is 11.9 Å². The molecule has 1 saturated heterocycles. The molecule has 4 atom stereocenters. The summed E-state index contributed by atoms with van der Waals surface area (Å²) in [6.45, 7) is 0.870. The summed E-state index contributed by atoms with van der Waals surface area (Å²) in [5.74, 6) is 0. The standard InChI is InChI=1S/C13H14N4O5/c1-13(21)9(19)7(4-18)22-12(13)17-3-6(2-14)8-10(17)15-5-16-11(8)20/h3,5,7,9,12,18-19,21H,4H2,1H3,(H,15,16,20)/t7-,9-,12?,13-/m1/s1. The fraction of sp³-hybridized carbons (Fsp3) is 0.462. The number of hydrogen-bond acceptors (Lipinski definition) is 7. The first-order chi connectivity index (χ1) is 10.4. The highest BCUT2D eigenvalue weighted by atomic mass is 16.6. The Morgan fingerprint density at radius 2 is 2.36 bits per heavy atom. The molecule has 1 aliphatic rings. The third-order valence-corrected chi connectivity index (χ3v) is 3.92. The van der Waals surface area contributed by atoms with Crippen LogP contribution < -0.4 is 5.56 Å². The maximum Gasteiger partial charge on any atom is 0.261 e. The van der Waals surface area contributed by atoms with Crippen LogP contribution in [0, 0.1) is 11.3 Å². The molecular formula is C13H14N4O5. The molecule has 0 amide bonds. The van der Waals surface area contributed by atoms with Gasteiger partial charge in [-0.15, -0.1) is 0 Å². The van der Waals surface area contributed by atoms with E-state index >= 15 is 0 Å². The molecule has 9 nitrogen and oxygen atoms in total. The van der Waals surface area contributed by atoms with Gasteiger partial charge < -0.3 is 29.6 Å². The van der Waals surface area contributed by atoms with Gasteiger partial charge >= 0.3 is 0 Å². The van der Waals surface area contributed by atoms with Crippen LogP contribution in [-0.2, 0) is 4.74 Å². The fourth-order valence-electron chi connectivity index (χ4n) is 2.75. The van der Waals surface area contributed by atoms with E-state index in [9.17, 15) is 20.1 Å². The number of H-pyrrole nitrogens is 1. The Bertz CT molecular complexity index is 818. The number of aromatic amines is 1. The lowest BCUT2D eigenvalue weighted by Gasteiger charge is -2.27. The minimum Gasteiger partial charge on any atom is -0.394 e. The summed E-state index contributed by atoms with van der Waals surface area (Å²) >= 11 is 0. The smallest absolute Gasteiger partial charge is 0.261 e. The van der Waals surface area contributed by atoms with E-state index < -0.39 is 36.2 Å².